The third-order valence-corrected chi connectivity index (χ3v) is 7.53. The van der Waals surface area contributed by atoms with E-state index in [4.69, 9.17) is 5.11 Å². The average Bonchev–Trinajstić information content (AvgIpc) is 3.14. The van der Waals surface area contributed by atoms with Gasteiger partial charge in [0.2, 0.25) is 10.0 Å². The molecule has 0 aliphatic heterocycles. The lowest BCUT2D eigenvalue weighted by molar-refractivity contribution is 0.0690. The van der Waals surface area contributed by atoms with Crippen molar-refractivity contribution in [3.05, 3.63) is 40.9 Å². The Morgan fingerprint density at radius 2 is 1.97 bits per heavy atom. The molecule has 1 aromatic heterocycles. The summed E-state index contributed by atoms with van der Waals surface area (Å²) in [4.78, 5) is 14.9. The number of aromatic nitrogens is 1. The Labute approximate surface area is 179 Å². The van der Waals surface area contributed by atoms with Crippen molar-refractivity contribution in [3.63, 3.8) is 0 Å². The van der Waals surface area contributed by atoms with Gasteiger partial charge in [-0.05, 0) is 30.5 Å². The lowest BCUT2D eigenvalue weighted by atomic mass is 10.0. The SMILES string of the molecule is CCCCC(O)c1ccc(N(CCCSc2nc(C(=O)O)cs2)S(C)(=O)=O)cc1. The van der Waals surface area contributed by atoms with E-state index in [9.17, 15) is 18.3 Å². The normalized spacial score (nSPS) is 12.7. The molecule has 1 unspecified atom stereocenters. The number of carboxylic acids is 1. The number of anilines is 1. The van der Waals surface area contributed by atoms with Crippen LogP contribution in [0.25, 0.3) is 0 Å². The van der Waals surface area contributed by atoms with Crippen molar-refractivity contribution < 1.29 is 23.4 Å². The molecule has 0 radical (unpaired) electrons. The van der Waals surface area contributed by atoms with E-state index in [1.165, 1.54) is 39.0 Å². The number of aliphatic hydroxyl groups excluding tert-OH is 1. The zero-order valence-corrected chi connectivity index (χ0v) is 18.9. The van der Waals surface area contributed by atoms with Crippen LogP contribution in [0.1, 0.15) is 54.8 Å². The quantitative estimate of drug-likeness (QED) is 0.365. The van der Waals surface area contributed by atoms with Crippen LogP contribution in [-0.2, 0) is 10.0 Å². The second-order valence-corrected chi connectivity index (χ2v) is 10.7. The number of thiazole rings is 1. The van der Waals surface area contributed by atoms with Crippen molar-refractivity contribution in [2.45, 2.75) is 43.1 Å². The predicted octanol–water partition coefficient (Wildman–Crippen LogP) is 4.01. The van der Waals surface area contributed by atoms with E-state index in [1.807, 2.05) is 0 Å². The highest BCUT2D eigenvalue weighted by atomic mass is 32.2. The molecule has 2 N–H and O–H groups in total. The van der Waals surface area contributed by atoms with Gasteiger partial charge in [0.25, 0.3) is 0 Å². The summed E-state index contributed by atoms with van der Waals surface area (Å²) in [5.74, 6) is -0.438. The lowest BCUT2D eigenvalue weighted by Crippen LogP contribution is -2.31. The predicted molar refractivity (Wildman–Crippen MR) is 118 cm³/mol. The summed E-state index contributed by atoms with van der Waals surface area (Å²) in [6, 6.07) is 6.98. The van der Waals surface area contributed by atoms with Gasteiger partial charge in [-0.2, -0.15) is 0 Å². The Morgan fingerprint density at radius 1 is 1.28 bits per heavy atom. The highest BCUT2D eigenvalue weighted by molar-refractivity contribution is 8.01. The van der Waals surface area contributed by atoms with Gasteiger partial charge in [-0.15, -0.1) is 11.3 Å². The molecule has 0 saturated heterocycles. The highest BCUT2D eigenvalue weighted by Gasteiger charge is 2.18. The van der Waals surface area contributed by atoms with Crippen LogP contribution in [0.15, 0.2) is 34.0 Å². The van der Waals surface area contributed by atoms with Crippen LogP contribution in [-0.4, -0.2) is 48.1 Å². The summed E-state index contributed by atoms with van der Waals surface area (Å²) in [5, 5.41) is 20.6. The molecule has 0 amide bonds. The zero-order chi connectivity index (χ0) is 21.4. The number of benzene rings is 1. The number of carbonyl (C=O) groups is 1. The molecule has 0 aliphatic rings. The average molecular weight is 459 g/mol. The third kappa shape index (κ3) is 7.29. The largest absolute Gasteiger partial charge is 0.476 e. The molecule has 7 nitrogen and oxygen atoms in total. The van der Waals surface area contributed by atoms with E-state index in [1.54, 1.807) is 24.3 Å². The van der Waals surface area contributed by atoms with Crippen LogP contribution in [0, 0.1) is 0 Å². The van der Waals surface area contributed by atoms with Gasteiger partial charge < -0.3 is 10.2 Å². The first-order chi connectivity index (χ1) is 13.7. The first-order valence-electron chi connectivity index (χ1n) is 9.29. The molecule has 0 saturated carbocycles. The summed E-state index contributed by atoms with van der Waals surface area (Å²) >= 11 is 2.67. The summed E-state index contributed by atoms with van der Waals surface area (Å²) in [6.07, 6.45) is 3.84. The topological polar surface area (TPSA) is 108 Å². The molecule has 10 heteroatoms. The molecule has 1 atom stereocenters. The second-order valence-electron chi connectivity index (χ2n) is 6.59. The van der Waals surface area contributed by atoms with Gasteiger partial charge in [-0.1, -0.05) is 43.7 Å². The number of thioether (sulfide) groups is 1. The number of carboxylic acid groups (broad SMARTS) is 1. The van der Waals surface area contributed by atoms with Gasteiger partial charge in [-0.3, -0.25) is 4.31 Å². The van der Waals surface area contributed by atoms with Gasteiger partial charge in [0.15, 0.2) is 10.0 Å². The molecule has 1 aromatic carbocycles. The van der Waals surface area contributed by atoms with Crippen molar-refractivity contribution in [2.24, 2.45) is 0 Å². The fourth-order valence-electron chi connectivity index (χ4n) is 2.70. The van der Waals surface area contributed by atoms with Gasteiger partial charge in [0.1, 0.15) is 0 Å². The zero-order valence-electron chi connectivity index (χ0n) is 16.4. The first-order valence-corrected chi connectivity index (χ1v) is 13.0. The summed E-state index contributed by atoms with van der Waals surface area (Å²) < 4.78 is 26.5. The maximum atomic E-state index is 12.2. The number of unbranched alkanes of at least 4 members (excludes halogenated alkanes) is 1. The minimum Gasteiger partial charge on any atom is -0.476 e. The molecule has 2 aromatic rings. The molecule has 1 heterocycles. The van der Waals surface area contributed by atoms with Crippen LogP contribution in [0.5, 0.6) is 0 Å². The molecule has 29 heavy (non-hydrogen) atoms. The fraction of sp³-hybridized carbons (Fsp3) is 0.474. The van der Waals surface area contributed by atoms with Crippen molar-refractivity contribution in [1.29, 1.82) is 0 Å². The van der Waals surface area contributed by atoms with Gasteiger partial charge in [0, 0.05) is 17.7 Å². The number of rotatable bonds is 12. The van der Waals surface area contributed by atoms with Crippen molar-refractivity contribution in [1.82, 2.24) is 4.98 Å². The standard InChI is InChI=1S/C19H26N2O5S3/c1-3-4-6-17(22)14-7-9-15(10-8-14)21(29(2,25)26)11-5-12-27-19-20-16(13-28-19)18(23)24/h7-10,13,17,22H,3-6,11-12H2,1-2H3,(H,23,24). The van der Waals surface area contributed by atoms with Crippen LogP contribution >= 0.6 is 23.1 Å². The molecule has 160 valence electrons. The van der Waals surface area contributed by atoms with Crippen LogP contribution in [0.4, 0.5) is 5.69 Å². The summed E-state index contributed by atoms with van der Waals surface area (Å²) in [6.45, 7) is 2.37. The minimum atomic E-state index is -3.45. The number of nitrogens with zero attached hydrogens (tertiary/aromatic N) is 2. The van der Waals surface area contributed by atoms with E-state index in [0.717, 1.165) is 18.4 Å². The van der Waals surface area contributed by atoms with E-state index in [2.05, 4.69) is 11.9 Å². The Bertz CT molecular complexity index is 897. The fourth-order valence-corrected chi connectivity index (χ4v) is 5.46. The number of hydrogen-bond donors (Lipinski definition) is 2. The number of aliphatic hydroxyl groups is 1. The Hall–Kier alpha value is -1.62. The van der Waals surface area contributed by atoms with Crippen LogP contribution in [0.3, 0.4) is 0 Å². The smallest absolute Gasteiger partial charge is 0.355 e. The van der Waals surface area contributed by atoms with Crippen molar-refractivity contribution in [3.8, 4) is 0 Å². The molecule has 0 bridgehead atoms. The van der Waals surface area contributed by atoms with Crippen molar-refractivity contribution in [2.75, 3.05) is 22.9 Å². The molecular formula is C19H26N2O5S3. The lowest BCUT2D eigenvalue weighted by Gasteiger charge is -2.23. The molecular weight excluding hydrogens is 432 g/mol. The van der Waals surface area contributed by atoms with Gasteiger partial charge in [-0.25, -0.2) is 18.2 Å². The van der Waals surface area contributed by atoms with E-state index >= 15 is 0 Å². The maximum absolute atomic E-state index is 12.2. The maximum Gasteiger partial charge on any atom is 0.355 e. The number of hydrogen-bond acceptors (Lipinski definition) is 7. The molecule has 2 rings (SSSR count). The number of aromatic carboxylic acids is 1. The number of sulfonamides is 1. The Kier molecular flexibility index (Phi) is 8.94. The van der Waals surface area contributed by atoms with E-state index in [-0.39, 0.29) is 5.69 Å². The minimum absolute atomic E-state index is 0.0245. The molecule has 0 fully saturated rings. The molecule has 0 spiro atoms. The van der Waals surface area contributed by atoms with Gasteiger partial charge in [0.05, 0.1) is 18.0 Å². The highest BCUT2D eigenvalue weighted by Crippen LogP contribution is 2.26. The van der Waals surface area contributed by atoms with E-state index in [0.29, 0.717) is 35.2 Å². The Balaban J connectivity index is 1.96. The second kappa shape index (κ2) is 11.0. The van der Waals surface area contributed by atoms with Crippen LogP contribution < -0.4 is 4.31 Å². The van der Waals surface area contributed by atoms with E-state index < -0.39 is 22.1 Å². The summed E-state index contributed by atoms with van der Waals surface area (Å²) in [5.41, 5.74) is 1.37. The third-order valence-electron chi connectivity index (χ3n) is 4.23. The van der Waals surface area contributed by atoms with Crippen LogP contribution in [0.2, 0.25) is 0 Å². The van der Waals surface area contributed by atoms with Gasteiger partial charge >= 0.3 is 5.97 Å². The molecule has 0 aliphatic carbocycles. The summed E-state index contributed by atoms with van der Waals surface area (Å²) in [7, 11) is -3.45. The Morgan fingerprint density at radius 3 is 2.52 bits per heavy atom. The van der Waals surface area contributed by atoms with Crippen molar-refractivity contribution >= 4 is 44.8 Å². The monoisotopic (exact) mass is 458 g/mol. The first kappa shape index (κ1) is 23.7.